The minimum atomic E-state index is -1.50. The summed E-state index contributed by atoms with van der Waals surface area (Å²) < 4.78 is 36.3. The van der Waals surface area contributed by atoms with Gasteiger partial charge in [0, 0.05) is 0 Å². The molecule has 150 valence electrons. The van der Waals surface area contributed by atoms with E-state index in [2.05, 4.69) is 0 Å². The number of hydrogen-bond donors (Lipinski definition) is 0. The maximum atomic E-state index is 13.2. The number of methoxy groups -OCH3 is 2. The number of carbonyl (C=O) groups excluding carboxylic acids is 2. The molecule has 1 aliphatic rings. The van der Waals surface area contributed by atoms with Crippen LogP contribution in [0, 0.1) is 17.0 Å². The van der Waals surface area contributed by atoms with Crippen molar-refractivity contribution < 1.29 is 27.8 Å². The molecule has 2 aromatic rings. The minimum Gasteiger partial charge on any atom is -0.468 e. The third-order valence-electron chi connectivity index (χ3n) is 4.97. The number of rotatable bonds is 4. The van der Waals surface area contributed by atoms with Crippen molar-refractivity contribution in [1.29, 1.82) is 0 Å². The van der Waals surface area contributed by atoms with Crippen molar-refractivity contribution in [3.05, 3.63) is 82.4 Å². The van der Waals surface area contributed by atoms with Gasteiger partial charge in [-0.15, -0.1) is 0 Å². The average Bonchev–Trinajstić information content (AvgIpc) is 3.09. The second kappa shape index (κ2) is 8.39. The first-order valence-corrected chi connectivity index (χ1v) is 8.97. The van der Waals surface area contributed by atoms with E-state index >= 15 is 0 Å². The standard InChI is InChI=1S/C23H20F2O4/c1-28-21(26)23(22(27)29-2)13-17(11-15-3-7-19(24)8-4-15)18(14-23)12-16-5-9-20(25)10-6-16/h3-12H,13-14H2,1-2H3/b17-11-,18-12+. The Morgan fingerprint density at radius 3 is 1.41 bits per heavy atom. The lowest BCUT2D eigenvalue weighted by Gasteiger charge is -2.21. The molecule has 0 heterocycles. The molecule has 0 N–H and O–H groups in total. The number of esters is 2. The van der Waals surface area contributed by atoms with E-state index in [4.69, 9.17) is 9.47 Å². The molecule has 1 aliphatic carbocycles. The quantitative estimate of drug-likeness (QED) is 0.560. The second-order valence-electron chi connectivity index (χ2n) is 6.86. The summed E-state index contributed by atoms with van der Waals surface area (Å²) in [7, 11) is 2.44. The average molecular weight is 398 g/mol. The largest absolute Gasteiger partial charge is 0.468 e. The summed E-state index contributed by atoms with van der Waals surface area (Å²) in [5.41, 5.74) is 1.38. The molecule has 29 heavy (non-hydrogen) atoms. The van der Waals surface area contributed by atoms with Crippen molar-refractivity contribution in [2.45, 2.75) is 12.8 Å². The van der Waals surface area contributed by atoms with Crippen molar-refractivity contribution in [3.63, 3.8) is 0 Å². The molecular formula is C23H20F2O4. The topological polar surface area (TPSA) is 52.6 Å². The maximum Gasteiger partial charge on any atom is 0.323 e. The monoisotopic (exact) mass is 398 g/mol. The first-order valence-electron chi connectivity index (χ1n) is 8.97. The van der Waals surface area contributed by atoms with Crippen molar-refractivity contribution >= 4 is 24.1 Å². The van der Waals surface area contributed by atoms with Crippen LogP contribution in [0.5, 0.6) is 0 Å². The molecule has 0 unspecified atom stereocenters. The van der Waals surface area contributed by atoms with Gasteiger partial charge in [0.05, 0.1) is 14.2 Å². The Bertz CT molecular complexity index is 891. The molecule has 6 heteroatoms. The van der Waals surface area contributed by atoms with Crippen LogP contribution in [0.2, 0.25) is 0 Å². The van der Waals surface area contributed by atoms with Crippen LogP contribution in [0.1, 0.15) is 24.0 Å². The molecule has 2 aromatic carbocycles. The van der Waals surface area contributed by atoms with Crippen molar-refractivity contribution in [1.82, 2.24) is 0 Å². The zero-order valence-electron chi connectivity index (χ0n) is 16.1. The van der Waals surface area contributed by atoms with Gasteiger partial charge in [-0.05, 0) is 59.4 Å². The summed E-state index contributed by atoms with van der Waals surface area (Å²) in [6.45, 7) is 0. The molecule has 0 bridgehead atoms. The Balaban J connectivity index is 2.10. The van der Waals surface area contributed by atoms with E-state index in [1.807, 2.05) is 0 Å². The normalized spacial score (nSPS) is 18.1. The zero-order valence-corrected chi connectivity index (χ0v) is 16.1. The molecule has 4 nitrogen and oxygen atoms in total. The molecule has 1 saturated carbocycles. The SMILES string of the molecule is COC(=O)C1(C(=O)OC)CC(=C/c2ccc(F)cc2)/C(=C/c2ccc(F)cc2)C1. The summed E-state index contributed by atoms with van der Waals surface area (Å²) in [6, 6.07) is 11.7. The molecule has 0 amide bonds. The molecule has 0 radical (unpaired) electrons. The molecule has 0 atom stereocenters. The highest BCUT2D eigenvalue weighted by Crippen LogP contribution is 2.48. The maximum absolute atomic E-state index is 13.2. The van der Waals surface area contributed by atoms with Gasteiger partial charge in [0.2, 0.25) is 0 Å². The van der Waals surface area contributed by atoms with Gasteiger partial charge in [0.15, 0.2) is 5.41 Å². The van der Waals surface area contributed by atoms with Gasteiger partial charge in [-0.25, -0.2) is 8.78 Å². The van der Waals surface area contributed by atoms with Crippen LogP contribution >= 0.6 is 0 Å². The fourth-order valence-corrected chi connectivity index (χ4v) is 3.51. The predicted molar refractivity (Wildman–Crippen MR) is 104 cm³/mol. The molecule has 0 saturated heterocycles. The number of benzene rings is 2. The van der Waals surface area contributed by atoms with E-state index in [1.54, 1.807) is 36.4 Å². The molecule has 3 rings (SSSR count). The van der Waals surface area contributed by atoms with Gasteiger partial charge in [-0.3, -0.25) is 9.59 Å². The van der Waals surface area contributed by atoms with Crippen molar-refractivity contribution in [2.24, 2.45) is 5.41 Å². The highest BCUT2D eigenvalue weighted by atomic mass is 19.1. The number of halogens is 2. The van der Waals surface area contributed by atoms with Crippen molar-refractivity contribution in [2.75, 3.05) is 14.2 Å². The van der Waals surface area contributed by atoms with Crippen LogP contribution in [-0.4, -0.2) is 26.2 Å². The predicted octanol–water partition coefficient (Wildman–Crippen LogP) is 4.56. The van der Waals surface area contributed by atoms with E-state index in [9.17, 15) is 18.4 Å². The summed E-state index contributed by atoms with van der Waals surface area (Å²) in [4.78, 5) is 25.1. The highest BCUT2D eigenvalue weighted by molar-refractivity contribution is 6.02. The number of carbonyl (C=O) groups is 2. The summed E-state index contributed by atoms with van der Waals surface area (Å²) in [5, 5.41) is 0. The van der Waals surface area contributed by atoms with Crippen LogP contribution in [0.25, 0.3) is 12.2 Å². The van der Waals surface area contributed by atoms with Crippen LogP contribution in [-0.2, 0) is 19.1 Å². The van der Waals surface area contributed by atoms with Gasteiger partial charge < -0.3 is 9.47 Å². The van der Waals surface area contributed by atoms with E-state index in [0.29, 0.717) is 0 Å². The lowest BCUT2D eigenvalue weighted by atomic mass is 9.85. The summed E-state index contributed by atoms with van der Waals surface area (Å²) in [6.07, 6.45) is 3.75. The first kappa shape index (κ1) is 20.5. The Morgan fingerprint density at radius 1 is 0.759 bits per heavy atom. The first-order chi connectivity index (χ1) is 13.9. The summed E-state index contributed by atoms with van der Waals surface area (Å²) in [5.74, 6) is -2.09. The fraction of sp³-hybridized carbons (Fsp3) is 0.217. The molecular weight excluding hydrogens is 378 g/mol. The minimum absolute atomic E-state index is 0.0801. The highest BCUT2D eigenvalue weighted by Gasteiger charge is 2.53. The van der Waals surface area contributed by atoms with E-state index in [1.165, 1.54) is 38.5 Å². The van der Waals surface area contributed by atoms with Gasteiger partial charge in [0.1, 0.15) is 11.6 Å². The Labute approximate surface area is 167 Å². The van der Waals surface area contributed by atoms with E-state index in [-0.39, 0.29) is 24.5 Å². The Morgan fingerprint density at radius 2 is 1.10 bits per heavy atom. The van der Waals surface area contributed by atoms with Gasteiger partial charge >= 0.3 is 11.9 Å². The summed E-state index contributed by atoms with van der Waals surface area (Å²) >= 11 is 0. The lowest BCUT2D eigenvalue weighted by molar-refractivity contribution is -0.168. The van der Waals surface area contributed by atoms with Crippen LogP contribution in [0.4, 0.5) is 8.78 Å². The van der Waals surface area contributed by atoms with Gasteiger partial charge in [-0.1, -0.05) is 36.4 Å². The molecule has 0 aromatic heterocycles. The van der Waals surface area contributed by atoms with Gasteiger partial charge in [0.25, 0.3) is 0 Å². The lowest BCUT2D eigenvalue weighted by Crippen LogP contribution is -2.38. The zero-order chi connectivity index (χ0) is 21.0. The van der Waals surface area contributed by atoms with Crippen LogP contribution < -0.4 is 0 Å². The third kappa shape index (κ3) is 4.26. The van der Waals surface area contributed by atoms with E-state index < -0.39 is 17.4 Å². The smallest absolute Gasteiger partial charge is 0.323 e. The number of ether oxygens (including phenoxy) is 2. The van der Waals surface area contributed by atoms with Crippen LogP contribution in [0.3, 0.4) is 0 Å². The molecule has 1 fully saturated rings. The molecule has 0 aliphatic heterocycles. The number of allylic oxidation sites excluding steroid dienone is 2. The molecule has 0 spiro atoms. The third-order valence-corrected chi connectivity index (χ3v) is 4.97. The van der Waals surface area contributed by atoms with E-state index in [0.717, 1.165) is 22.3 Å². The Hall–Kier alpha value is -3.28. The number of hydrogen-bond acceptors (Lipinski definition) is 4. The fourth-order valence-electron chi connectivity index (χ4n) is 3.51. The van der Waals surface area contributed by atoms with Crippen LogP contribution in [0.15, 0.2) is 59.7 Å². The van der Waals surface area contributed by atoms with Gasteiger partial charge in [-0.2, -0.15) is 0 Å². The second-order valence-corrected chi connectivity index (χ2v) is 6.86. The Kier molecular flexibility index (Phi) is 5.92. The van der Waals surface area contributed by atoms with Crippen molar-refractivity contribution in [3.8, 4) is 0 Å².